The van der Waals surface area contributed by atoms with Gasteiger partial charge >= 0.3 is 0 Å². The van der Waals surface area contributed by atoms with Gasteiger partial charge in [0.25, 0.3) is 0 Å². The second kappa shape index (κ2) is 6.48. The smallest absolute Gasteiger partial charge is 0.186 e. The van der Waals surface area contributed by atoms with E-state index >= 15 is 0 Å². The highest BCUT2D eigenvalue weighted by molar-refractivity contribution is 6.05. The minimum absolute atomic E-state index is 0.101. The fourth-order valence-corrected chi connectivity index (χ4v) is 2.91. The molecule has 0 atom stereocenters. The van der Waals surface area contributed by atoms with E-state index in [1.165, 1.54) is 6.42 Å². The molecule has 0 radical (unpaired) electrons. The Morgan fingerprint density at radius 1 is 1.10 bits per heavy atom. The summed E-state index contributed by atoms with van der Waals surface area (Å²) in [5.74, 6) is 1.37. The molecule has 0 spiro atoms. The van der Waals surface area contributed by atoms with Gasteiger partial charge in [-0.1, -0.05) is 6.42 Å². The van der Waals surface area contributed by atoms with Crippen LogP contribution in [-0.2, 0) is 0 Å². The highest BCUT2D eigenvalue weighted by Crippen LogP contribution is 2.31. The zero-order valence-corrected chi connectivity index (χ0v) is 13.4. The van der Waals surface area contributed by atoms with Crippen molar-refractivity contribution in [1.29, 1.82) is 0 Å². The van der Waals surface area contributed by atoms with Gasteiger partial charge in [-0.3, -0.25) is 9.69 Å². The number of piperidine rings is 1. The number of likely N-dealkylation sites (tertiary alicyclic amines) is 1. The van der Waals surface area contributed by atoms with Gasteiger partial charge in [-0.2, -0.15) is 0 Å². The first kappa shape index (κ1) is 15.8. The number of carbonyl (C=O) groups excluding carboxylic acids is 1. The molecule has 0 bridgehead atoms. The third-order valence-electron chi connectivity index (χ3n) is 4.36. The molecule has 0 saturated carbocycles. The van der Waals surface area contributed by atoms with Gasteiger partial charge in [-0.05, 0) is 51.9 Å². The van der Waals surface area contributed by atoms with Crippen molar-refractivity contribution in [3.8, 4) is 11.5 Å². The van der Waals surface area contributed by atoms with Crippen molar-refractivity contribution in [1.82, 2.24) is 4.90 Å². The largest absolute Gasteiger partial charge is 0.497 e. The van der Waals surface area contributed by atoms with Gasteiger partial charge < -0.3 is 9.47 Å². The topological polar surface area (TPSA) is 38.8 Å². The fourth-order valence-electron chi connectivity index (χ4n) is 2.91. The zero-order valence-electron chi connectivity index (χ0n) is 13.4. The van der Waals surface area contributed by atoms with E-state index in [1.54, 1.807) is 26.4 Å². The first-order valence-corrected chi connectivity index (χ1v) is 7.52. The molecule has 1 aliphatic heterocycles. The van der Waals surface area contributed by atoms with E-state index in [-0.39, 0.29) is 5.78 Å². The molecule has 1 aromatic carbocycles. The quantitative estimate of drug-likeness (QED) is 0.781. The second-order valence-electron chi connectivity index (χ2n) is 6.00. The molecule has 4 heteroatoms. The van der Waals surface area contributed by atoms with Crippen molar-refractivity contribution in [2.45, 2.75) is 38.6 Å². The van der Waals surface area contributed by atoms with E-state index in [9.17, 15) is 4.79 Å². The molecule has 0 aromatic heterocycles. The average molecular weight is 291 g/mol. The van der Waals surface area contributed by atoms with Crippen LogP contribution in [0, 0.1) is 0 Å². The Morgan fingerprint density at radius 2 is 1.76 bits per heavy atom. The lowest BCUT2D eigenvalue weighted by Crippen LogP contribution is -2.52. The number of nitrogens with zero attached hydrogens (tertiary/aromatic N) is 1. The van der Waals surface area contributed by atoms with Crippen molar-refractivity contribution < 1.29 is 14.3 Å². The van der Waals surface area contributed by atoms with Gasteiger partial charge in [0.15, 0.2) is 5.78 Å². The molecule has 116 valence electrons. The van der Waals surface area contributed by atoms with Crippen LogP contribution in [0.15, 0.2) is 18.2 Å². The predicted octanol–water partition coefficient (Wildman–Crippen LogP) is 3.15. The number of hydrogen-bond acceptors (Lipinski definition) is 4. The standard InChI is InChI=1S/C17H25NO3/c1-17(2,18-10-6-5-7-11-18)16(19)14-9-8-13(20-3)12-15(14)21-4/h8-9,12H,5-7,10-11H2,1-4H3. The molecular formula is C17H25NO3. The number of carbonyl (C=O) groups is 1. The molecule has 1 saturated heterocycles. The van der Waals surface area contributed by atoms with Gasteiger partial charge in [-0.15, -0.1) is 0 Å². The lowest BCUT2D eigenvalue weighted by molar-refractivity contribution is 0.0576. The molecule has 4 nitrogen and oxygen atoms in total. The summed E-state index contributed by atoms with van der Waals surface area (Å²) >= 11 is 0. The SMILES string of the molecule is COc1ccc(C(=O)C(C)(C)N2CCCCC2)c(OC)c1. The first-order chi connectivity index (χ1) is 10.0. The van der Waals surface area contributed by atoms with Crippen LogP contribution in [0.2, 0.25) is 0 Å². The highest BCUT2D eigenvalue weighted by Gasteiger charge is 2.36. The Balaban J connectivity index is 2.29. The summed E-state index contributed by atoms with van der Waals surface area (Å²) in [6, 6.07) is 5.37. The average Bonchev–Trinajstić information content (AvgIpc) is 2.54. The van der Waals surface area contributed by atoms with Crippen molar-refractivity contribution in [3.05, 3.63) is 23.8 Å². The number of ether oxygens (including phenoxy) is 2. The number of ketones is 1. The van der Waals surface area contributed by atoms with Gasteiger partial charge in [0.05, 0.1) is 25.3 Å². The third-order valence-corrected chi connectivity index (χ3v) is 4.36. The molecule has 2 rings (SSSR count). The van der Waals surface area contributed by atoms with Crippen LogP contribution >= 0.6 is 0 Å². The number of hydrogen-bond donors (Lipinski definition) is 0. The number of methoxy groups -OCH3 is 2. The molecule has 21 heavy (non-hydrogen) atoms. The summed E-state index contributed by atoms with van der Waals surface area (Å²) in [6.07, 6.45) is 3.58. The Kier molecular flexibility index (Phi) is 4.88. The minimum atomic E-state index is -0.512. The summed E-state index contributed by atoms with van der Waals surface area (Å²) in [5.41, 5.74) is 0.108. The van der Waals surface area contributed by atoms with E-state index < -0.39 is 5.54 Å². The van der Waals surface area contributed by atoms with E-state index in [4.69, 9.17) is 9.47 Å². The van der Waals surface area contributed by atoms with Gasteiger partial charge in [0.2, 0.25) is 0 Å². The van der Waals surface area contributed by atoms with Crippen molar-refractivity contribution in [3.63, 3.8) is 0 Å². The Hall–Kier alpha value is -1.55. The van der Waals surface area contributed by atoms with Crippen LogP contribution in [-0.4, -0.2) is 43.5 Å². The lowest BCUT2D eigenvalue weighted by atomic mass is 9.89. The molecular weight excluding hydrogens is 266 g/mol. The van der Waals surface area contributed by atoms with Crippen LogP contribution in [0.5, 0.6) is 11.5 Å². The molecule has 0 N–H and O–H groups in total. The minimum Gasteiger partial charge on any atom is -0.497 e. The van der Waals surface area contributed by atoms with Crippen molar-refractivity contribution in [2.75, 3.05) is 27.3 Å². The molecule has 1 fully saturated rings. The van der Waals surface area contributed by atoms with E-state index in [1.807, 2.05) is 19.9 Å². The summed E-state index contributed by atoms with van der Waals surface area (Å²) < 4.78 is 10.6. The second-order valence-corrected chi connectivity index (χ2v) is 6.00. The maximum absolute atomic E-state index is 13.0. The number of Topliss-reactive ketones (excluding diaryl/α,β-unsaturated/α-hetero) is 1. The summed E-state index contributed by atoms with van der Waals surface area (Å²) in [5, 5.41) is 0. The predicted molar refractivity (Wildman–Crippen MR) is 83.4 cm³/mol. The number of rotatable bonds is 5. The monoisotopic (exact) mass is 291 g/mol. The molecule has 0 aliphatic carbocycles. The fraction of sp³-hybridized carbons (Fsp3) is 0.588. The van der Waals surface area contributed by atoms with Crippen LogP contribution in [0.3, 0.4) is 0 Å². The van der Waals surface area contributed by atoms with E-state index in [2.05, 4.69) is 4.90 Å². The van der Waals surface area contributed by atoms with Gasteiger partial charge in [-0.25, -0.2) is 0 Å². The van der Waals surface area contributed by atoms with Crippen LogP contribution in [0.1, 0.15) is 43.5 Å². The van der Waals surface area contributed by atoms with Gasteiger partial charge in [0, 0.05) is 6.07 Å². The first-order valence-electron chi connectivity index (χ1n) is 7.52. The molecule has 1 aliphatic rings. The van der Waals surface area contributed by atoms with Crippen LogP contribution < -0.4 is 9.47 Å². The third kappa shape index (κ3) is 3.21. The maximum Gasteiger partial charge on any atom is 0.186 e. The Bertz CT molecular complexity index is 505. The normalized spacial score (nSPS) is 16.6. The summed E-state index contributed by atoms with van der Waals surface area (Å²) in [7, 11) is 3.19. The summed E-state index contributed by atoms with van der Waals surface area (Å²) in [4.78, 5) is 15.3. The summed E-state index contributed by atoms with van der Waals surface area (Å²) in [6.45, 7) is 5.98. The van der Waals surface area contributed by atoms with Crippen molar-refractivity contribution >= 4 is 5.78 Å². The Morgan fingerprint density at radius 3 is 2.33 bits per heavy atom. The van der Waals surface area contributed by atoms with Crippen LogP contribution in [0.4, 0.5) is 0 Å². The maximum atomic E-state index is 13.0. The van der Waals surface area contributed by atoms with Crippen molar-refractivity contribution in [2.24, 2.45) is 0 Å². The van der Waals surface area contributed by atoms with Gasteiger partial charge in [0.1, 0.15) is 11.5 Å². The molecule has 1 aromatic rings. The lowest BCUT2D eigenvalue weighted by Gasteiger charge is -2.40. The Labute approximate surface area is 127 Å². The van der Waals surface area contributed by atoms with E-state index in [0.29, 0.717) is 17.1 Å². The van der Waals surface area contributed by atoms with Crippen LogP contribution in [0.25, 0.3) is 0 Å². The molecule has 0 amide bonds. The number of benzene rings is 1. The zero-order chi connectivity index (χ0) is 15.5. The molecule has 0 unspecified atom stereocenters. The van der Waals surface area contributed by atoms with E-state index in [0.717, 1.165) is 25.9 Å². The molecule has 1 heterocycles. The highest BCUT2D eigenvalue weighted by atomic mass is 16.5.